The van der Waals surface area contributed by atoms with Gasteiger partial charge >= 0.3 is 0 Å². The molecule has 0 aliphatic rings. The van der Waals surface area contributed by atoms with Crippen LogP contribution in [0.25, 0.3) is 0 Å². The van der Waals surface area contributed by atoms with Crippen LogP contribution in [0.5, 0.6) is 0 Å². The summed E-state index contributed by atoms with van der Waals surface area (Å²) < 4.78 is 1.26. The van der Waals surface area contributed by atoms with Crippen LogP contribution in [0.15, 0.2) is 23.6 Å². The van der Waals surface area contributed by atoms with E-state index in [4.69, 9.17) is 11.6 Å². The predicted octanol–water partition coefficient (Wildman–Crippen LogP) is 5.05. The molecule has 0 aliphatic heterocycles. The quantitative estimate of drug-likeness (QED) is 0.523. The molecule has 0 saturated carbocycles. The smallest absolute Gasteiger partial charge is 0.103 e. The number of alkyl halides is 1. The molecule has 0 N–H and O–H groups in total. The molecule has 0 saturated heterocycles. The van der Waals surface area contributed by atoms with E-state index in [1.807, 2.05) is 0 Å². The number of thiophene rings is 2. The Balaban J connectivity index is 2.33. The molecule has 0 spiro atoms. The summed E-state index contributed by atoms with van der Waals surface area (Å²) in [5.41, 5.74) is 0. The van der Waals surface area contributed by atoms with Gasteiger partial charge in [0.15, 0.2) is 0 Å². The highest BCUT2D eigenvalue weighted by Crippen LogP contribution is 2.38. The van der Waals surface area contributed by atoms with Crippen LogP contribution in [0, 0.1) is 10.5 Å². The molecule has 0 aliphatic carbocycles. The Morgan fingerprint density at radius 1 is 1.36 bits per heavy atom. The highest BCUT2D eigenvalue weighted by Gasteiger charge is 2.16. The molecule has 2 rings (SSSR count). The lowest BCUT2D eigenvalue weighted by Gasteiger charge is -2.04. The van der Waals surface area contributed by atoms with Gasteiger partial charge in [-0.15, -0.1) is 34.3 Å². The Morgan fingerprint density at radius 3 is 2.64 bits per heavy atom. The molecule has 0 radical (unpaired) electrons. The molecule has 0 aromatic carbocycles. The summed E-state index contributed by atoms with van der Waals surface area (Å²) in [5.74, 6) is 0. The maximum absolute atomic E-state index is 6.41. The van der Waals surface area contributed by atoms with Crippen LogP contribution in [0.2, 0.25) is 0 Å². The van der Waals surface area contributed by atoms with E-state index in [0.29, 0.717) is 0 Å². The van der Waals surface area contributed by atoms with Gasteiger partial charge in [-0.1, -0.05) is 0 Å². The van der Waals surface area contributed by atoms with Crippen LogP contribution in [0.3, 0.4) is 0 Å². The van der Waals surface area contributed by atoms with Crippen molar-refractivity contribution >= 4 is 56.9 Å². The zero-order valence-electron chi connectivity index (χ0n) is 7.46. The zero-order valence-corrected chi connectivity index (χ0v) is 12.0. The molecular weight excluding hydrogens is 347 g/mol. The van der Waals surface area contributed by atoms with Gasteiger partial charge in [-0.3, -0.25) is 0 Å². The van der Waals surface area contributed by atoms with Crippen LogP contribution >= 0.6 is 56.9 Å². The van der Waals surface area contributed by atoms with Crippen LogP contribution in [0.4, 0.5) is 0 Å². The van der Waals surface area contributed by atoms with E-state index in [9.17, 15) is 0 Å². The van der Waals surface area contributed by atoms with Crippen molar-refractivity contribution in [3.63, 3.8) is 0 Å². The minimum absolute atomic E-state index is 0.0283. The molecule has 0 nitrogen and oxygen atoms in total. The third-order valence-electron chi connectivity index (χ3n) is 1.89. The van der Waals surface area contributed by atoms with E-state index >= 15 is 0 Å². The van der Waals surface area contributed by atoms with Gasteiger partial charge in [-0.05, 0) is 53.1 Å². The topological polar surface area (TPSA) is 0 Å². The lowest BCUT2D eigenvalue weighted by Crippen LogP contribution is -1.87. The largest absolute Gasteiger partial charge is 0.146 e. The van der Waals surface area contributed by atoms with Crippen molar-refractivity contribution < 1.29 is 0 Å². The summed E-state index contributed by atoms with van der Waals surface area (Å²) in [6, 6.07) is 6.35. The fraction of sp³-hybridized carbons (Fsp3) is 0.200. The first-order valence-corrected chi connectivity index (χ1v) is 7.33. The Hall–Kier alpha value is 0.420. The van der Waals surface area contributed by atoms with Crippen LogP contribution in [-0.2, 0) is 0 Å². The summed E-state index contributed by atoms with van der Waals surface area (Å²) in [4.78, 5) is 3.82. The van der Waals surface area contributed by atoms with Gasteiger partial charge in [-0.2, -0.15) is 0 Å². The van der Waals surface area contributed by atoms with Crippen LogP contribution in [0.1, 0.15) is 20.0 Å². The molecule has 2 aromatic rings. The second-order valence-electron chi connectivity index (χ2n) is 2.94. The van der Waals surface area contributed by atoms with Gasteiger partial charge in [0.05, 0.1) is 0 Å². The van der Waals surface area contributed by atoms with Gasteiger partial charge < -0.3 is 0 Å². The van der Waals surface area contributed by atoms with E-state index in [0.717, 1.165) is 0 Å². The number of aryl methyl sites for hydroxylation is 1. The van der Waals surface area contributed by atoms with Gasteiger partial charge in [-0.25, -0.2) is 0 Å². The summed E-state index contributed by atoms with van der Waals surface area (Å²) in [7, 11) is 0. The third kappa shape index (κ3) is 2.15. The van der Waals surface area contributed by atoms with Crippen molar-refractivity contribution in [1.82, 2.24) is 0 Å². The number of rotatable bonds is 2. The Kier molecular flexibility index (Phi) is 3.52. The van der Waals surface area contributed by atoms with Crippen molar-refractivity contribution in [1.29, 1.82) is 0 Å². The Bertz CT molecular complexity index is 433. The zero-order chi connectivity index (χ0) is 10.1. The summed E-state index contributed by atoms with van der Waals surface area (Å²) >= 11 is 12.2. The Morgan fingerprint density at radius 2 is 2.14 bits per heavy atom. The minimum atomic E-state index is 0.0283. The van der Waals surface area contributed by atoms with Gasteiger partial charge in [0, 0.05) is 18.2 Å². The first-order valence-electron chi connectivity index (χ1n) is 4.12. The number of hydrogen-bond donors (Lipinski definition) is 0. The van der Waals surface area contributed by atoms with Crippen molar-refractivity contribution in [3.8, 4) is 0 Å². The second-order valence-corrected chi connectivity index (χ2v) is 6.81. The molecule has 74 valence electrons. The fourth-order valence-electron chi connectivity index (χ4n) is 1.21. The summed E-state index contributed by atoms with van der Waals surface area (Å²) in [5, 5.41) is 2.12. The number of hydrogen-bond acceptors (Lipinski definition) is 2. The molecule has 14 heavy (non-hydrogen) atoms. The first-order chi connectivity index (χ1) is 6.68. The molecule has 0 bridgehead atoms. The lowest BCUT2D eigenvalue weighted by atomic mass is 10.3. The van der Waals surface area contributed by atoms with Crippen molar-refractivity contribution in [3.05, 3.63) is 41.8 Å². The minimum Gasteiger partial charge on any atom is -0.146 e. The molecule has 2 aromatic heterocycles. The molecule has 4 heteroatoms. The van der Waals surface area contributed by atoms with E-state index in [1.165, 1.54) is 18.2 Å². The highest BCUT2D eigenvalue weighted by molar-refractivity contribution is 14.1. The molecule has 1 unspecified atom stereocenters. The molecule has 0 fully saturated rings. The second kappa shape index (κ2) is 4.51. The van der Waals surface area contributed by atoms with Crippen molar-refractivity contribution in [2.24, 2.45) is 0 Å². The van der Waals surface area contributed by atoms with Gasteiger partial charge in [0.2, 0.25) is 0 Å². The highest BCUT2D eigenvalue weighted by atomic mass is 127. The van der Waals surface area contributed by atoms with E-state index in [2.05, 4.69) is 53.1 Å². The molecule has 1 atom stereocenters. The average Bonchev–Trinajstić information content (AvgIpc) is 2.73. The molecule has 0 amide bonds. The standard InChI is InChI=1S/C10H8ClIS2/c1-6-2-3-8(14-6)9(11)10-7(12)4-5-13-10/h2-5,9H,1H3. The van der Waals surface area contributed by atoms with E-state index in [-0.39, 0.29) is 5.38 Å². The fourth-order valence-corrected chi connectivity index (χ4v) is 4.70. The van der Waals surface area contributed by atoms with E-state index in [1.54, 1.807) is 22.7 Å². The average molecular weight is 355 g/mol. The molecular formula is C10H8ClIS2. The summed E-state index contributed by atoms with van der Waals surface area (Å²) in [6.45, 7) is 2.11. The van der Waals surface area contributed by atoms with Crippen LogP contribution in [-0.4, -0.2) is 0 Å². The van der Waals surface area contributed by atoms with Crippen molar-refractivity contribution in [2.45, 2.75) is 12.3 Å². The van der Waals surface area contributed by atoms with Gasteiger partial charge in [0.1, 0.15) is 5.38 Å². The maximum atomic E-state index is 6.41. The van der Waals surface area contributed by atoms with E-state index < -0.39 is 0 Å². The van der Waals surface area contributed by atoms with Crippen molar-refractivity contribution in [2.75, 3.05) is 0 Å². The monoisotopic (exact) mass is 354 g/mol. The third-order valence-corrected chi connectivity index (χ3v) is 5.95. The predicted molar refractivity (Wildman–Crippen MR) is 73.8 cm³/mol. The van der Waals surface area contributed by atoms with Crippen LogP contribution < -0.4 is 0 Å². The maximum Gasteiger partial charge on any atom is 0.103 e. The normalized spacial score (nSPS) is 13.1. The first kappa shape index (κ1) is 10.9. The molecule has 2 heterocycles. The SMILES string of the molecule is Cc1ccc(C(Cl)c2sccc2I)s1. The number of halogens is 2. The lowest BCUT2D eigenvalue weighted by molar-refractivity contribution is 1.23. The Labute approximate surface area is 110 Å². The summed E-state index contributed by atoms with van der Waals surface area (Å²) in [6.07, 6.45) is 0. The van der Waals surface area contributed by atoms with Gasteiger partial charge in [0.25, 0.3) is 0 Å².